The van der Waals surface area contributed by atoms with E-state index in [9.17, 15) is 0 Å². The average molecular weight is 186 g/mol. The van der Waals surface area contributed by atoms with Crippen molar-refractivity contribution in [1.29, 1.82) is 0 Å². The second-order valence-corrected chi connectivity index (χ2v) is 4.02. The number of hydrogen-bond donors (Lipinski definition) is 1. The molecule has 0 spiro atoms. The van der Waals surface area contributed by atoms with E-state index in [1.165, 1.54) is 13.0 Å². The average Bonchev–Trinajstić information content (AvgIpc) is 2.30. The molecule has 1 N–H and O–H groups in total. The van der Waals surface area contributed by atoms with Gasteiger partial charge in [0, 0.05) is 38.8 Å². The summed E-state index contributed by atoms with van der Waals surface area (Å²) < 4.78 is 5.15. The van der Waals surface area contributed by atoms with E-state index < -0.39 is 0 Å². The van der Waals surface area contributed by atoms with E-state index in [0.717, 1.165) is 19.7 Å². The van der Waals surface area contributed by atoms with Crippen molar-refractivity contribution in [2.45, 2.75) is 32.4 Å². The number of nitrogens with zero attached hydrogens (tertiary/aromatic N) is 1. The highest BCUT2D eigenvalue weighted by atomic mass is 16.5. The summed E-state index contributed by atoms with van der Waals surface area (Å²) in [5.74, 6) is 0. The van der Waals surface area contributed by atoms with Gasteiger partial charge in [-0.2, -0.15) is 0 Å². The van der Waals surface area contributed by atoms with Crippen LogP contribution in [0.2, 0.25) is 0 Å². The van der Waals surface area contributed by atoms with Crippen LogP contribution < -0.4 is 5.32 Å². The van der Waals surface area contributed by atoms with Crippen molar-refractivity contribution in [3.05, 3.63) is 0 Å². The Morgan fingerprint density at radius 1 is 1.46 bits per heavy atom. The van der Waals surface area contributed by atoms with Crippen LogP contribution in [-0.2, 0) is 4.74 Å². The van der Waals surface area contributed by atoms with Crippen LogP contribution in [0.3, 0.4) is 0 Å². The zero-order valence-electron chi connectivity index (χ0n) is 9.05. The molecular weight excluding hydrogens is 164 g/mol. The van der Waals surface area contributed by atoms with Gasteiger partial charge in [0.2, 0.25) is 0 Å². The zero-order valence-corrected chi connectivity index (χ0v) is 9.05. The summed E-state index contributed by atoms with van der Waals surface area (Å²) in [7, 11) is 1.77. The van der Waals surface area contributed by atoms with Gasteiger partial charge in [0.05, 0.1) is 6.61 Å². The van der Waals surface area contributed by atoms with E-state index >= 15 is 0 Å². The number of rotatable bonds is 3. The Morgan fingerprint density at radius 2 is 2.23 bits per heavy atom. The first-order valence-electron chi connectivity index (χ1n) is 5.20. The molecule has 0 aliphatic carbocycles. The molecule has 78 valence electrons. The van der Waals surface area contributed by atoms with Gasteiger partial charge in [0.15, 0.2) is 0 Å². The number of nitrogens with one attached hydrogen (secondary N) is 1. The Hall–Kier alpha value is -0.120. The third-order valence-corrected chi connectivity index (χ3v) is 2.69. The Balaban J connectivity index is 2.30. The van der Waals surface area contributed by atoms with E-state index in [2.05, 4.69) is 24.1 Å². The Kier molecular flexibility index (Phi) is 4.70. The first-order chi connectivity index (χ1) is 6.24. The molecule has 3 heteroatoms. The largest absolute Gasteiger partial charge is 0.383 e. The zero-order chi connectivity index (χ0) is 9.68. The van der Waals surface area contributed by atoms with Crippen LogP contribution in [0, 0.1) is 0 Å². The van der Waals surface area contributed by atoms with Crippen molar-refractivity contribution < 1.29 is 4.74 Å². The Labute approximate surface area is 81.4 Å². The van der Waals surface area contributed by atoms with Crippen molar-refractivity contribution in [1.82, 2.24) is 10.2 Å². The van der Waals surface area contributed by atoms with Crippen molar-refractivity contribution in [3.63, 3.8) is 0 Å². The van der Waals surface area contributed by atoms with Gasteiger partial charge in [-0.25, -0.2) is 0 Å². The predicted molar refractivity (Wildman–Crippen MR) is 55.0 cm³/mol. The normalized spacial score (nSPS) is 26.3. The number of methoxy groups -OCH3 is 1. The summed E-state index contributed by atoms with van der Waals surface area (Å²) in [5.41, 5.74) is 0. The van der Waals surface area contributed by atoms with Crippen molar-refractivity contribution >= 4 is 0 Å². The summed E-state index contributed by atoms with van der Waals surface area (Å²) in [4.78, 5) is 2.52. The quantitative estimate of drug-likeness (QED) is 0.702. The lowest BCUT2D eigenvalue weighted by Gasteiger charge is -2.23. The molecule has 0 amide bonds. The molecule has 1 fully saturated rings. The maximum atomic E-state index is 5.15. The highest BCUT2D eigenvalue weighted by Gasteiger charge is 2.17. The molecule has 3 nitrogen and oxygen atoms in total. The van der Waals surface area contributed by atoms with Crippen LogP contribution in [0.1, 0.15) is 20.3 Å². The molecule has 0 saturated carbocycles. The molecule has 0 aromatic rings. The molecular formula is C10H22N2O. The molecule has 1 saturated heterocycles. The molecule has 0 aromatic heterocycles. The highest BCUT2D eigenvalue weighted by molar-refractivity contribution is 4.76. The molecule has 0 bridgehead atoms. The molecule has 1 unspecified atom stereocenters. The van der Waals surface area contributed by atoms with Crippen LogP contribution in [0.4, 0.5) is 0 Å². The Bertz CT molecular complexity index is 139. The van der Waals surface area contributed by atoms with Gasteiger partial charge in [-0.15, -0.1) is 0 Å². The minimum absolute atomic E-state index is 0.550. The monoisotopic (exact) mass is 186 g/mol. The fourth-order valence-electron chi connectivity index (χ4n) is 1.81. The lowest BCUT2D eigenvalue weighted by Crippen LogP contribution is -2.34. The molecule has 13 heavy (non-hydrogen) atoms. The second-order valence-electron chi connectivity index (χ2n) is 4.02. The van der Waals surface area contributed by atoms with Gasteiger partial charge in [-0.3, -0.25) is 4.90 Å². The van der Waals surface area contributed by atoms with Crippen LogP contribution in [0.5, 0.6) is 0 Å². The first-order valence-corrected chi connectivity index (χ1v) is 5.20. The van der Waals surface area contributed by atoms with Crippen molar-refractivity contribution in [2.75, 3.05) is 33.4 Å². The summed E-state index contributed by atoms with van der Waals surface area (Å²) in [6.07, 6.45) is 1.20. The molecule has 1 rings (SSSR count). The topological polar surface area (TPSA) is 24.5 Å². The lowest BCUT2D eigenvalue weighted by atomic mass is 10.2. The maximum Gasteiger partial charge on any atom is 0.0616 e. The van der Waals surface area contributed by atoms with Crippen molar-refractivity contribution in [2.24, 2.45) is 0 Å². The third kappa shape index (κ3) is 3.63. The minimum Gasteiger partial charge on any atom is -0.383 e. The molecule has 0 radical (unpaired) electrons. The number of ether oxygens (including phenoxy) is 1. The van der Waals surface area contributed by atoms with E-state index in [0.29, 0.717) is 12.1 Å². The van der Waals surface area contributed by atoms with Gasteiger partial charge in [-0.1, -0.05) is 0 Å². The van der Waals surface area contributed by atoms with Gasteiger partial charge in [0.1, 0.15) is 0 Å². The Morgan fingerprint density at radius 3 is 2.85 bits per heavy atom. The van der Waals surface area contributed by atoms with Gasteiger partial charge >= 0.3 is 0 Å². The van der Waals surface area contributed by atoms with E-state index in [-0.39, 0.29) is 0 Å². The highest BCUT2D eigenvalue weighted by Crippen LogP contribution is 2.05. The second kappa shape index (κ2) is 5.58. The molecule has 0 aromatic carbocycles. The van der Waals surface area contributed by atoms with Gasteiger partial charge in [0.25, 0.3) is 0 Å². The summed E-state index contributed by atoms with van der Waals surface area (Å²) >= 11 is 0. The SMILES string of the molecule is COCC1CCN(C(C)C)CCN1. The van der Waals surface area contributed by atoms with E-state index in [1.54, 1.807) is 7.11 Å². The lowest BCUT2D eigenvalue weighted by molar-refractivity contribution is 0.162. The van der Waals surface area contributed by atoms with Crippen LogP contribution in [0.15, 0.2) is 0 Å². The van der Waals surface area contributed by atoms with Crippen molar-refractivity contribution in [3.8, 4) is 0 Å². The van der Waals surface area contributed by atoms with Crippen LogP contribution in [-0.4, -0.2) is 50.3 Å². The number of hydrogen-bond acceptors (Lipinski definition) is 3. The molecule has 1 atom stereocenters. The fourth-order valence-corrected chi connectivity index (χ4v) is 1.81. The maximum absolute atomic E-state index is 5.15. The standard InChI is InChI=1S/C10H22N2O/c1-9(2)12-6-4-10(8-13-3)11-5-7-12/h9-11H,4-8H2,1-3H3. The van der Waals surface area contributed by atoms with Gasteiger partial charge < -0.3 is 10.1 Å². The third-order valence-electron chi connectivity index (χ3n) is 2.69. The first kappa shape index (κ1) is 11.0. The fraction of sp³-hybridized carbons (Fsp3) is 1.00. The van der Waals surface area contributed by atoms with E-state index in [1.807, 2.05) is 0 Å². The smallest absolute Gasteiger partial charge is 0.0616 e. The minimum atomic E-state index is 0.550. The predicted octanol–water partition coefficient (Wildman–Crippen LogP) is 0.705. The molecule has 1 heterocycles. The summed E-state index contributed by atoms with van der Waals surface area (Å²) in [6.45, 7) is 8.81. The van der Waals surface area contributed by atoms with Crippen LogP contribution in [0.25, 0.3) is 0 Å². The van der Waals surface area contributed by atoms with E-state index in [4.69, 9.17) is 4.74 Å². The molecule has 1 aliphatic heterocycles. The molecule has 1 aliphatic rings. The summed E-state index contributed by atoms with van der Waals surface area (Å²) in [6, 6.07) is 1.22. The van der Waals surface area contributed by atoms with Gasteiger partial charge in [-0.05, 0) is 20.3 Å². The van der Waals surface area contributed by atoms with Crippen LogP contribution >= 0.6 is 0 Å². The summed E-state index contributed by atoms with van der Waals surface area (Å²) in [5, 5.41) is 3.50.